The van der Waals surface area contributed by atoms with E-state index in [1.54, 1.807) is 0 Å². The minimum atomic E-state index is -3.80. The fourth-order valence-corrected chi connectivity index (χ4v) is 8.58. The highest BCUT2D eigenvalue weighted by molar-refractivity contribution is 8.00. The monoisotopic (exact) mass is 484 g/mol. The van der Waals surface area contributed by atoms with Crippen molar-refractivity contribution in [3.63, 3.8) is 0 Å². The van der Waals surface area contributed by atoms with E-state index in [4.69, 9.17) is 0 Å². The van der Waals surface area contributed by atoms with E-state index in [2.05, 4.69) is 10.7 Å². The van der Waals surface area contributed by atoms with Gasteiger partial charge in [0.05, 0.1) is 9.82 Å². The van der Waals surface area contributed by atoms with Crippen molar-refractivity contribution in [2.45, 2.75) is 113 Å². The molecule has 0 radical (unpaired) electrons. The first-order valence-corrected chi connectivity index (χ1v) is 15.2. The molecule has 0 amide bonds. The number of rotatable bonds is 15. The Hall–Kier alpha value is -1.28. The average Bonchev–Trinajstić information content (AvgIpc) is 2.80. The Labute approximate surface area is 196 Å². The molecule has 6 nitrogen and oxygen atoms in total. The highest BCUT2D eigenvalue weighted by atomic mass is 32.3. The van der Waals surface area contributed by atoms with Crippen LogP contribution in [-0.2, 0) is 20.7 Å². The molecule has 1 aromatic rings. The van der Waals surface area contributed by atoms with E-state index < -0.39 is 25.6 Å². The zero-order chi connectivity index (χ0) is 23.2. The molecule has 1 atom stereocenters. The number of unbranched alkanes of at least 4 members (excludes halogenated alkanes) is 9. The summed E-state index contributed by atoms with van der Waals surface area (Å²) in [4.78, 5) is 10.4. The molecule has 0 spiro atoms. The molecule has 1 aromatic carbocycles. The van der Waals surface area contributed by atoms with Gasteiger partial charge in [0.15, 0.2) is 0 Å². The number of sulfonamides is 1. The van der Waals surface area contributed by atoms with Crippen molar-refractivity contribution < 1.29 is 13.3 Å². The first kappa shape index (κ1) is 27.0. The fraction of sp³-hybridized carbons (Fsp3) is 0.750. The molecule has 8 heteroatoms. The summed E-state index contributed by atoms with van der Waals surface area (Å²) in [5, 5.41) is 11.2. The predicted octanol–water partition coefficient (Wildman–Crippen LogP) is 7.34. The Morgan fingerprint density at radius 1 is 0.906 bits per heavy atom. The lowest BCUT2D eigenvalue weighted by molar-refractivity contribution is -0.384. The van der Waals surface area contributed by atoms with E-state index in [-0.39, 0.29) is 10.6 Å². The molecular weight excluding hydrogens is 444 g/mol. The van der Waals surface area contributed by atoms with Crippen LogP contribution in [0.3, 0.4) is 0 Å². The molecule has 1 aliphatic rings. The van der Waals surface area contributed by atoms with Crippen molar-refractivity contribution in [2.24, 2.45) is 3.77 Å². The smallest absolute Gasteiger partial charge is 0.258 e. The second-order valence-corrected chi connectivity index (χ2v) is 12.7. The standard InChI is InChI=1S/C24H40N2O4S2/c1-2-3-4-5-6-7-8-9-10-14-21-31(23-15-12-11-13-16-23)25-32(29,30)24-19-17-22(18-20-24)26(27)28/h17-20,23H,2-16,21H2,1H3. The van der Waals surface area contributed by atoms with Gasteiger partial charge in [-0.05, 0) is 31.4 Å². The molecule has 0 aliphatic heterocycles. The van der Waals surface area contributed by atoms with Crippen LogP contribution in [0.25, 0.3) is 0 Å². The maximum Gasteiger partial charge on any atom is 0.287 e. The highest BCUT2D eigenvalue weighted by Crippen LogP contribution is 2.26. The van der Waals surface area contributed by atoms with E-state index in [9.17, 15) is 18.5 Å². The maximum atomic E-state index is 12.9. The van der Waals surface area contributed by atoms with Crippen molar-refractivity contribution in [1.29, 1.82) is 0 Å². The molecule has 0 bridgehead atoms. The number of hydrogen-bond donors (Lipinski definition) is 0. The third-order valence-corrected chi connectivity index (χ3v) is 10.5. The zero-order valence-electron chi connectivity index (χ0n) is 19.5. The molecule has 182 valence electrons. The molecule has 0 saturated heterocycles. The number of nitro groups is 1. The van der Waals surface area contributed by atoms with Crippen LogP contribution in [0.1, 0.15) is 103 Å². The van der Waals surface area contributed by atoms with Gasteiger partial charge < -0.3 is 0 Å². The van der Waals surface area contributed by atoms with Crippen molar-refractivity contribution in [3.8, 4) is 0 Å². The normalized spacial score (nSPS) is 16.3. The second kappa shape index (κ2) is 14.8. The summed E-state index contributed by atoms with van der Waals surface area (Å²) in [5.41, 5.74) is -0.111. The van der Waals surface area contributed by atoms with Gasteiger partial charge in [-0.3, -0.25) is 10.1 Å². The third kappa shape index (κ3) is 9.69. The lowest BCUT2D eigenvalue weighted by Gasteiger charge is -2.24. The zero-order valence-corrected chi connectivity index (χ0v) is 21.2. The quantitative estimate of drug-likeness (QED) is 0.148. The Morgan fingerprint density at radius 2 is 1.44 bits per heavy atom. The molecule has 1 aliphatic carbocycles. The third-order valence-electron chi connectivity index (χ3n) is 6.18. The lowest BCUT2D eigenvalue weighted by Crippen LogP contribution is -2.22. The van der Waals surface area contributed by atoms with Crippen LogP contribution in [0.15, 0.2) is 32.9 Å². The van der Waals surface area contributed by atoms with Crippen molar-refractivity contribution in [3.05, 3.63) is 34.4 Å². The molecule has 1 unspecified atom stereocenters. The maximum absolute atomic E-state index is 12.9. The molecule has 1 saturated carbocycles. The van der Waals surface area contributed by atoms with E-state index in [1.165, 1.54) is 82.1 Å². The van der Waals surface area contributed by atoms with Crippen LogP contribution >= 0.6 is 0 Å². The molecular formula is C24H40N2O4S2. The van der Waals surface area contributed by atoms with Gasteiger partial charge in [-0.15, -0.1) is 3.77 Å². The summed E-state index contributed by atoms with van der Waals surface area (Å²) >= 11 is 0. The highest BCUT2D eigenvalue weighted by Gasteiger charge is 2.22. The molecule has 32 heavy (non-hydrogen) atoms. The van der Waals surface area contributed by atoms with E-state index >= 15 is 0 Å². The summed E-state index contributed by atoms with van der Waals surface area (Å²) in [5.74, 6) is 0.841. The predicted molar refractivity (Wildman–Crippen MR) is 134 cm³/mol. The number of non-ortho nitro benzene ring substituents is 1. The van der Waals surface area contributed by atoms with Gasteiger partial charge >= 0.3 is 0 Å². The molecule has 2 rings (SSSR count). The largest absolute Gasteiger partial charge is 0.287 e. The second-order valence-electron chi connectivity index (χ2n) is 8.85. The minimum absolute atomic E-state index is 0.0551. The van der Waals surface area contributed by atoms with Gasteiger partial charge in [0.1, 0.15) is 0 Å². The Bertz CT molecular complexity index is 817. The van der Waals surface area contributed by atoms with Crippen LogP contribution in [0.5, 0.6) is 0 Å². The van der Waals surface area contributed by atoms with Crippen molar-refractivity contribution in [2.75, 3.05) is 5.75 Å². The van der Waals surface area contributed by atoms with Gasteiger partial charge in [-0.1, -0.05) is 94.7 Å². The van der Waals surface area contributed by atoms with E-state index in [1.807, 2.05) is 0 Å². The summed E-state index contributed by atoms with van der Waals surface area (Å²) in [6.45, 7) is 2.24. The molecule has 0 heterocycles. The van der Waals surface area contributed by atoms with Crippen LogP contribution in [0.4, 0.5) is 5.69 Å². The first-order chi connectivity index (χ1) is 15.4. The molecule has 0 aromatic heterocycles. The van der Waals surface area contributed by atoms with Crippen LogP contribution in [0, 0.1) is 10.1 Å². The molecule has 0 N–H and O–H groups in total. The fourth-order valence-electron chi connectivity index (χ4n) is 4.25. The van der Waals surface area contributed by atoms with E-state index in [0.29, 0.717) is 5.25 Å². The number of nitro benzene ring substituents is 1. The van der Waals surface area contributed by atoms with Gasteiger partial charge in [0.2, 0.25) is 0 Å². The topological polar surface area (TPSA) is 89.6 Å². The van der Waals surface area contributed by atoms with Crippen LogP contribution < -0.4 is 0 Å². The Morgan fingerprint density at radius 3 is 1.97 bits per heavy atom. The van der Waals surface area contributed by atoms with Gasteiger partial charge in [0, 0.05) is 23.1 Å². The van der Waals surface area contributed by atoms with Gasteiger partial charge in [0.25, 0.3) is 15.7 Å². The number of nitrogens with zero attached hydrogens (tertiary/aromatic N) is 2. The summed E-state index contributed by atoms with van der Waals surface area (Å²) < 4.78 is 30.2. The Kier molecular flexibility index (Phi) is 12.5. The minimum Gasteiger partial charge on any atom is -0.258 e. The van der Waals surface area contributed by atoms with E-state index in [0.717, 1.165) is 44.3 Å². The average molecular weight is 485 g/mol. The SMILES string of the molecule is CCCCCCCCCCCCS(=NS(=O)(=O)c1ccc([N+](=O)[O-])cc1)C1CCCCC1. The summed E-state index contributed by atoms with van der Waals surface area (Å²) in [7, 11) is -4.30. The van der Waals surface area contributed by atoms with Gasteiger partial charge in [-0.25, -0.2) is 0 Å². The lowest BCUT2D eigenvalue weighted by atomic mass is 10.0. The summed E-state index contributed by atoms with van der Waals surface area (Å²) in [6, 6.07) is 5.09. The number of hydrogen-bond acceptors (Lipinski definition) is 4. The van der Waals surface area contributed by atoms with Crippen LogP contribution in [-0.4, -0.2) is 24.3 Å². The van der Waals surface area contributed by atoms with Crippen LogP contribution in [0.2, 0.25) is 0 Å². The van der Waals surface area contributed by atoms with Crippen molar-refractivity contribution >= 4 is 26.4 Å². The molecule has 1 fully saturated rings. The van der Waals surface area contributed by atoms with Gasteiger partial charge in [-0.2, -0.15) is 8.42 Å². The first-order valence-electron chi connectivity index (χ1n) is 12.4. The number of benzene rings is 1. The Balaban J connectivity index is 1.91. The summed E-state index contributed by atoms with van der Waals surface area (Å²) in [6.07, 6.45) is 18.2. The van der Waals surface area contributed by atoms with Crippen molar-refractivity contribution in [1.82, 2.24) is 0 Å².